The second kappa shape index (κ2) is 7.27. The summed E-state index contributed by atoms with van der Waals surface area (Å²) in [7, 11) is 0. The first-order valence-electron chi connectivity index (χ1n) is 8.01. The van der Waals surface area contributed by atoms with E-state index < -0.39 is 29.1 Å². The number of hydrogen-bond donors (Lipinski definition) is 0. The van der Waals surface area contributed by atoms with E-state index in [4.69, 9.17) is 0 Å². The molecule has 0 radical (unpaired) electrons. The van der Waals surface area contributed by atoms with Gasteiger partial charge in [0.2, 0.25) is 0 Å². The topological polar surface area (TPSA) is 41.6 Å². The van der Waals surface area contributed by atoms with Crippen molar-refractivity contribution in [3.8, 4) is 11.8 Å². The van der Waals surface area contributed by atoms with Crippen LogP contribution in [0, 0.1) is 29.9 Å². The van der Waals surface area contributed by atoms with Crippen molar-refractivity contribution in [3.63, 3.8) is 0 Å². The van der Waals surface area contributed by atoms with Gasteiger partial charge in [-0.25, -0.2) is 13.5 Å². The zero-order valence-corrected chi connectivity index (χ0v) is 14.4. The van der Waals surface area contributed by atoms with Gasteiger partial charge < -0.3 is 0 Å². The summed E-state index contributed by atoms with van der Waals surface area (Å²) in [5, 5.41) is 13.1. The lowest BCUT2D eigenvalue weighted by atomic mass is 10.0. The van der Waals surface area contributed by atoms with Crippen LogP contribution < -0.4 is 0 Å². The van der Waals surface area contributed by atoms with Gasteiger partial charge in [-0.05, 0) is 48.9 Å². The van der Waals surface area contributed by atoms with E-state index in [1.54, 1.807) is 6.07 Å². The van der Waals surface area contributed by atoms with E-state index in [0.717, 1.165) is 22.9 Å². The number of aryl methyl sites for hydroxylation is 1. The normalized spacial score (nSPS) is 12.1. The van der Waals surface area contributed by atoms with E-state index in [-0.39, 0.29) is 17.0 Å². The summed E-state index contributed by atoms with van der Waals surface area (Å²) >= 11 is 0. The van der Waals surface area contributed by atoms with E-state index in [1.165, 1.54) is 43.3 Å². The summed E-state index contributed by atoms with van der Waals surface area (Å²) in [6.07, 6.45) is -3.32. The van der Waals surface area contributed by atoms with Crippen LogP contribution >= 0.6 is 0 Å². The van der Waals surface area contributed by atoms with Crippen molar-refractivity contribution in [3.05, 3.63) is 82.7 Å². The van der Waals surface area contributed by atoms with E-state index in [9.17, 15) is 27.2 Å². The van der Waals surface area contributed by atoms with Gasteiger partial charge in [0.15, 0.2) is 0 Å². The Morgan fingerprint density at radius 2 is 1.68 bits per heavy atom. The number of benzene rings is 2. The van der Waals surface area contributed by atoms with E-state index >= 15 is 0 Å². The van der Waals surface area contributed by atoms with Crippen molar-refractivity contribution in [2.75, 3.05) is 0 Å². The van der Waals surface area contributed by atoms with Gasteiger partial charge in [0.25, 0.3) is 0 Å². The summed E-state index contributed by atoms with van der Waals surface area (Å²) < 4.78 is 67.9. The first-order valence-corrected chi connectivity index (χ1v) is 8.01. The smallest absolute Gasteiger partial charge is 0.228 e. The number of halogens is 5. The second-order valence-corrected chi connectivity index (χ2v) is 5.94. The highest BCUT2D eigenvalue weighted by atomic mass is 19.4. The highest BCUT2D eigenvalue weighted by Crippen LogP contribution is 2.31. The molecule has 1 aromatic heterocycles. The molecular formula is C20H12F5N3. The van der Waals surface area contributed by atoms with Crippen molar-refractivity contribution < 1.29 is 22.0 Å². The first kappa shape index (κ1) is 19.3. The van der Waals surface area contributed by atoms with Crippen LogP contribution in [0.4, 0.5) is 22.0 Å². The Labute approximate surface area is 157 Å². The zero-order valence-electron chi connectivity index (χ0n) is 14.4. The molecule has 28 heavy (non-hydrogen) atoms. The fourth-order valence-corrected chi connectivity index (χ4v) is 2.69. The largest absolute Gasteiger partial charge is 0.433 e. The van der Waals surface area contributed by atoms with Crippen LogP contribution in [0.3, 0.4) is 0 Å². The Morgan fingerprint density at radius 3 is 2.21 bits per heavy atom. The standard InChI is InChI=1S/C20H12F5N3/c1-12-9-18(20(23,24)25)28(27-12)15-7-5-13(6-8-15)10-14(11-26)19-16(21)3-2-4-17(19)22/h2-10H,1H3/b14-10+. The molecule has 3 nitrogen and oxygen atoms in total. The van der Waals surface area contributed by atoms with Crippen molar-refractivity contribution in [2.45, 2.75) is 13.1 Å². The highest BCUT2D eigenvalue weighted by molar-refractivity contribution is 5.90. The number of alkyl halides is 3. The summed E-state index contributed by atoms with van der Waals surface area (Å²) in [5.41, 5.74) is -0.864. The fourth-order valence-electron chi connectivity index (χ4n) is 2.69. The molecule has 0 aliphatic heterocycles. The molecule has 0 unspecified atom stereocenters. The summed E-state index contributed by atoms with van der Waals surface area (Å²) in [6.45, 7) is 1.45. The molecule has 1 heterocycles. The lowest BCUT2D eigenvalue weighted by Crippen LogP contribution is -2.13. The summed E-state index contributed by atoms with van der Waals surface area (Å²) in [6, 6.07) is 11.5. The minimum absolute atomic E-state index is 0.160. The van der Waals surface area contributed by atoms with Crippen LogP contribution in [0.2, 0.25) is 0 Å². The Bertz CT molecular complexity index is 1070. The van der Waals surface area contributed by atoms with Crippen LogP contribution in [-0.2, 0) is 6.18 Å². The Morgan fingerprint density at radius 1 is 1.07 bits per heavy atom. The molecule has 0 aliphatic rings. The first-order chi connectivity index (χ1) is 13.2. The van der Waals surface area contributed by atoms with Crippen LogP contribution in [0.5, 0.6) is 0 Å². The molecular weight excluding hydrogens is 377 g/mol. The third-order valence-corrected chi connectivity index (χ3v) is 3.92. The molecule has 0 spiro atoms. The average Bonchev–Trinajstić information content (AvgIpc) is 3.03. The maximum Gasteiger partial charge on any atom is 0.433 e. The van der Waals surface area contributed by atoms with E-state index in [0.29, 0.717) is 5.56 Å². The minimum Gasteiger partial charge on any atom is -0.228 e. The molecule has 0 N–H and O–H groups in total. The molecule has 0 amide bonds. The van der Waals surface area contributed by atoms with Crippen molar-refractivity contribution in [1.29, 1.82) is 5.26 Å². The SMILES string of the molecule is Cc1cc(C(F)(F)F)n(-c2ccc(/C=C(\C#N)c3c(F)cccc3F)cc2)n1. The average molecular weight is 389 g/mol. The minimum atomic E-state index is -4.57. The Balaban J connectivity index is 2.00. The van der Waals surface area contributed by atoms with Gasteiger partial charge in [0.05, 0.1) is 28.6 Å². The molecule has 3 aromatic rings. The molecule has 0 aliphatic carbocycles. The van der Waals surface area contributed by atoms with E-state index in [2.05, 4.69) is 5.10 Å². The summed E-state index contributed by atoms with van der Waals surface area (Å²) in [5.74, 6) is -1.77. The van der Waals surface area contributed by atoms with Crippen molar-refractivity contribution in [1.82, 2.24) is 9.78 Å². The maximum atomic E-state index is 13.9. The molecule has 3 rings (SSSR count). The third-order valence-electron chi connectivity index (χ3n) is 3.92. The molecule has 0 saturated carbocycles. The van der Waals surface area contributed by atoms with Gasteiger partial charge in [-0.15, -0.1) is 0 Å². The van der Waals surface area contributed by atoms with Gasteiger partial charge >= 0.3 is 6.18 Å². The second-order valence-electron chi connectivity index (χ2n) is 5.94. The molecule has 2 aromatic carbocycles. The monoisotopic (exact) mass is 389 g/mol. The molecule has 142 valence electrons. The molecule has 0 fully saturated rings. The lowest BCUT2D eigenvalue weighted by Gasteiger charge is -2.10. The predicted molar refractivity (Wildman–Crippen MR) is 93.1 cm³/mol. The Kier molecular flexibility index (Phi) is 5.01. The predicted octanol–water partition coefficient (Wildman–Crippen LogP) is 5.54. The van der Waals surface area contributed by atoms with Crippen molar-refractivity contribution >= 4 is 11.6 Å². The van der Waals surface area contributed by atoms with Crippen LogP contribution in [-0.4, -0.2) is 9.78 Å². The van der Waals surface area contributed by atoms with Gasteiger partial charge in [-0.1, -0.05) is 18.2 Å². The molecule has 0 atom stereocenters. The van der Waals surface area contributed by atoms with Gasteiger partial charge in [-0.2, -0.15) is 23.5 Å². The fraction of sp³-hybridized carbons (Fsp3) is 0.100. The highest BCUT2D eigenvalue weighted by Gasteiger charge is 2.35. The van der Waals surface area contributed by atoms with Crippen molar-refractivity contribution in [2.24, 2.45) is 0 Å². The quantitative estimate of drug-likeness (QED) is 0.335. The number of hydrogen-bond acceptors (Lipinski definition) is 2. The number of aromatic nitrogens is 2. The molecule has 8 heteroatoms. The third kappa shape index (κ3) is 3.78. The van der Waals surface area contributed by atoms with Crippen LogP contribution in [0.25, 0.3) is 17.3 Å². The number of nitriles is 1. The molecule has 0 saturated heterocycles. The summed E-state index contributed by atoms with van der Waals surface area (Å²) in [4.78, 5) is 0. The van der Waals surface area contributed by atoms with Gasteiger partial charge in [0, 0.05) is 0 Å². The van der Waals surface area contributed by atoms with Crippen LogP contribution in [0.15, 0.2) is 48.5 Å². The molecule has 0 bridgehead atoms. The zero-order chi connectivity index (χ0) is 20.5. The Hall–Kier alpha value is -3.47. The van der Waals surface area contributed by atoms with Gasteiger partial charge in [-0.3, -0.25) is 0 Å². The van der Waals surface area contributed by atoms with E-state index in [1.807, 2.05) is 0 Å². The number of allylic oxidation sites excluding steroid dienone is 1. The number of rotatable bonds is 3. The lowest BCUT2D eigenvalue weighted by molar-refractivity contribution is -0.142. The maximum absolute atomic E-state index is 13.9. The number of nitrogens with zero attached hydrogens (tertiary/aromatic N) is 3. The van der Waals surface area contributed by atoms with Gasteiger partial charge in [0.1, 0.15) is 17.3 Å². The van der Waals surface area contributed by atoms with Crippen LogP contribution in [0.1, 0.15) is 22.5 Å².